The van der Waals surface area contributed by atoms with E-state index in [2.05, 4.69) is 48.9 Å². The second kappa shape index (κ2) is 9.03. The lowest BCUT2D eigenvalue weighted by molar-refractivity contribution is -0.313. The predicted octanol–water partition coefficient (Wildman–Crippen LogP) is 5.29. The van der Waals surface area contributed by atoms with Crippen molar-refractivity contribution in [2.24, 2.45) is 0 Å². The number of nitrogens with zero attached hydrogens (tertiary/aromatic N) is 1. The van der Waals surface area contributed by atoms with Crippen LogP contribution in [-0.4, -0.2) is 46.7 Å². The Labute approximate surface area is 224 Å². The summed E-state index contributed by atoms with van der Waals surface area (Å²) in [4.78, 5) is 30.7. The number of aromatic amines is 1. The number of carbonyl (C=O) groups is 2. The van der Waals surface area contributed by atoms with Crippen LogP contribution in [0.4, 0.5) is 5.82 Å². The number of nitrogens with one attached hydrogen (secondary N) is 1. The summed E-state index contributed by atoms with van der Waals surface area (Å²) in [5.74, 6) is -2.82. The number of aromatic nitrogens is 1. The summed E-state index contributed by atoms with van der Waals surface area (Å²) in [5.41, 5.74) is 3.46. The average molecular weight is 535 g/mol. The van der Waals surface area contributed by atoms with Gasteiger partial charge in [-0.05, 0) is 93.3 Å². The number of thiophene rings is 1. The standard InChI is InChI=1S/C29H30N2O6S/c1-15-10-16(2)20-13-24(38-25(20)11-15)19-8-9-31(17(3)12-19)26-14-21-22(30-26)6-5-7-23(21)35-29(18(4)32)36-27(33)28(34)37-29/h5-7,10-11,13-14,17-19,30,32H,8-9,12H2,1-4H3/t17-,18-,19-/m0/s1. The van der Waals surface area contributed by atoms with Crippen LogP contribution in [0.15, 0.2) is 42.5 Å². The maximum atomic E-state index is 11.7. The van der Waals surface area contributed by atoms with Crippen molar-refractivity contribution in [3.05, 3.63) is 58.5 Å². The number of benzene rings is 2. The van der Waals surface area contributed by atoms with Gasteiger partial charge >= 0.3 is 17.9 Å². The Morgan fingerprint density at radius 3 is 2.61 bits per heavy atom. The minimum absolute atomic E-state index is 0.305. The van der Waals surface area contributed by atoms with E-state index >= 15 is 0 Å². The fourth-order valence-corrected chi connectivity index (χ4v) is 7.05. The fraction of sp³-hybridized carbons (Fsp3) is 0.379. The highest BCUT2D eigenvalue weighted by Gasteiger charge is 2.56. The van der Waals surface area contributed by atoms with Crippen LogP contribution in [0.3, 0.4) is 0 Å². The molecule has 2 fully saturated rings. The molecule has 0 saturated carbocycles. The van der Waals surface area contributed by atoms with Gasteiger partial charge in [-0.25, -0.2) is 9.59 Å². The van der Waals surface area contributed by atoms with E-state index in [1.165, 1.54) is 33.0 Å². The molecule has 2 saturated heterocycles. The van der Waals surface area contributed by atoms with E-state index in [4.69, 9.17) is 14.2 Å². The number of carbonyl (C=O) groups excluding carboxylic acids is 2. The molecule has 38 heavy (non-hydrogen) atoms. The lowest BCUT2D eigenvalue weighted by atomic mass is 9.90. The first kappa shape index (κ1) is 24.8. The minimum Gasteiger partial charge on any atom is -0.418 e. The summed E-state index contributed by atoms with van der Waals surface area (Å²) in [7, 11) is 0. The monoisotopic (exact) mass is 534 g/mol. The molecule has 0 bridgehead atoms. The van der Waals surface area contributed by atoms with Crippen molar-refractivity contribution in [3.8, 4) is 5.75 Å². The van der Waals surface area contributed by atoms with Crippen LogP contribution in [0.2, 0.25) is 0 Å². The van der Waals surface area contributed by atoms with Crippen molar-refractivity contribution in [1.29, 1.82) is 0 Å². The molecule has 2 aromatic heterocycles. The summed E-state index contributed by atoms with van der Waals surface area (Å²) in [6.07, 6.45) is 0.693. The number of H-pyrrole nitrogens is 1. The van der Waals surface area contributed by atoms with Gasteiger partial charge in [0.05, 0.1) is 5.52 Å². The minimum atomic E-state index is -2.22. The van der Waals surface area contributed by atoms with Crippen LogP contribution >= 0.6 is 11.3 Å². The summed E-state index contributed by atoms with van der Waals surface area (Å²) in [5, 5.41) is 12.3. The Balaban J connectivity index is 1.24. The van der Waals surface area contributed by atoms with Crippen LogP contribution in [0.1, 0.15) is 48.6 Å². The molecule has 9 heteroatoms. The molecule has 3 atom stereocenters. The number of cyclic esters (lactones) is 2. The largest absolute Gasteiger partial charge is 0.449 e. The first-order valence-corrected chi connectivity index (χ1v) is 13.7. The summed E-state index contributed by atoms with van der Waals surface area (Å²) in [6, 6.07) is 14.6. The lowest BCUT2D eigenvalue weighted by Gasteiger charge is -2.38. The zero-order chi connectivity index (χ0) is 26.8. The Morgan fingerprint density at radius 1 is 1.13 bits per heavy atom. The fourth-order valence-electron chi connectivity index (χ4n) is 5.67. The van der Waals surface area contributed by atoms with Crippen molar-refractivity contribution in [2.75, 3.05) is 11.4 Å². The normalized spacial score (nSPS) is 22.1. The van der Waals surface area contributed by atoms with Crippen LogP contribution < -0.4 is 9.64 Å². The molecule has 4 aromatic rings. The summed E-state index contributed by atoms with van der Waals surface area (Å²) < 4.78 is 17.2. The van der Waals surface area contributed by atoms with E-state index in [9.17, 15) is 14.7 Å². The first-order chi connectivity index (χ1) is 18.1. The smallest absolute Gasteiger partial charge is 0.418 e. The third kappa shape index (κ3) is 4.10. The molecule has 4 heterocycles. The van der Waals surface area contributed by atoms with Crippen LogP contribution in [0.25, 0.3) is 21.0 Å². The van der Waals surface area contributed by atoms with Gasteiger partial charge in [0.25, 0.3) is 0 Å². The SMILES string of the molecule is Cc1cc(C)c2cc([C@H]3CCN(c4cc5c(OC6([C@H](C)O)OC(=O)C(=O)O6)cccc5[nH]4)[C@@H](C)C3)sc2c1. The highest BCUT2D eigenvalue weighted by molar-refractivity contribution is 7.19. The van der Waals surface area contributed by atoms with E-state index in [1.807, 2.05) is 23.5 Å². The number of hydrogen-bond donors (Lipinski definition) is 2. The van der Waals surface area contributed by atoms with Crippen molar-refractivity contribution in [1.82, 2.24) is 4.98 Å². The van der Waals surface area contributed by atoms with Gasteiger partial charge in [0.2, 0.25) is 0 Å². The highest BCUT2D eigenvalue weighted by atomic mass is 32.1. The molecule has 0 spiro atoms. The number of piperidine rings is 1. The van der Waals surface area contributed by atoms with Crippen molar-refractivity contribution >= 4 is 50.1 Å². The quantitative estimate of drug-likeness (QED) is 0.265. The predicted molar refractivity (Wildman–Crippen MR) is 146 cm³/mol. The summed E-state index contributed by atoms with van der Waals surface area (Å²) in [6.45, 7) is 8.82. The van der Waals surface area contributed by atoms with Gasteiger partial charge in [-0.1, -0.05) is 12.1 Å². The van der Waals surface area contributed by atoms with Gasteiger partial charge in [-0.3, -0.25) is 0 Å². The van der Waals surface area contributed by atoms with Gasteiger partial charge in [0, 0.05) is 27.5 Å². The molecule has 0 amide bonds. The number of rotatable bonds is 5. The molecule has 198 valence electrons. The first-order valence-electron chi connectivity index (χ1n) is 12.9. The number of hydrogen-bond acceptors (Lipinski definition) is 8. The third-order valence-corrected chi connectivity index (χ3v) is 8.85. The number of anilines is 1. The summed E-state index contributed by atoms with van der Waals surface area (Å²) >= 11 is 1.92. The molecule has 2 N–H and O–H groups in total. The Bertz CT molecular complexity index is 1550. The molecular formula is C29H30N2O6S. The number of esters is 2. The van der Waals surface area contributed by atoms with Crippen molar-refractivity contribution in [2.45, 2.75) is 64.6 Å². The number of aliphatic hydroxyl groups excluding tert-OH is 1. The van der Waals surface area contributed by atoms with Crippen molar-refractivity contribution in [3.63, 3.8) is 0 Å². The molecule has 2 aliphatic heterocycles. The zero-order valence-electron chi connectivity index (χ0n) is 21.7. The maximum Gasteiger partial charge on any atom is 0.449 e. The topological polar surface area (TPSA) is 101 Å². The average Bonchev–Trinajstić information content (AvgIpc) is 3.55. The number of ether oxygens (including phenoxy) is 3. The zero-order valence-corrected chi connectivity index (χ0v) is 22.6. The van der Waals surface area contributed by atoms with Gasteiger partial charge in [0.15, 0.2) is 6.10 Å². The van der Waals surface area contributed by atoms with E-state index in [0.717, 1.165) is 36.1 Å². The maximum absolute atomic E-state index is 11.7. The van der Waals surface area contributed by atoms with Crippen LogP contribution in [0.5, 0.6) is 5.75 Å². The third-order valence-electron chi connectivity index (χ3n) is 7.61. The van der Waals surface area contributed by atoms with E-state index in [0.29, 0.717) is 17.7 Å². The second-order valence-corrected chi connectivity index (χ2v) is 11.6. The Morgan fingerprint density at radius 2 is 1.89 bits per heavy atom. The molecule has 2 aliphatic rings. The molecule has 2 aromatic carbocycles. The number of aliphatic hydroxyl groups is 1. The van der Waals surface area contributed by atoms with Gasteiger partial charge < -0.3 is 29.2 Å². The van der Waals surface area contributed by atoms with Crippen LogP contribution in [0, 0.1) is 13.8 Å². The molecule has 6 rings (SSSR count). The van der Waals surface area contributed by atoms with E-state index in [1.54, 1.807) is 12.1 Å². The second-order valence-electron chi connectivity index (χ2n) is 10.4. The van der Waals surface area contributed by atoms with E-state index < -0.39 is 24.0 Å². The molecule has 8 nitrogen and oxygen atoms in total. The van der Waals surface area contributed by atoms with E-state index in [-0.39, 0.29) is 0 Å². The lowest BCUT2D eigenvalue weighted by Crippen LogP contribution is -2.47. The van der Waals surface area contributed by atoms with Gasteiger partial charge in [-0.2, -0.15) is 0 Å². The molecule has 0 aliphatic carbocycles. The highest BCUT2D eigenvalue weighted by Crippen LogP contribution is 2.42. The Hall–Kier alpha value is -3.56. The van der Waals surface area contributed by atoms with Crippen LogP contribution in [-0.2, 0) is 19.1 Å². The molecule has 0 radical (unpaired) electrons. The molecular weight excluding hydrogens is 504 g/mol. The van der Waals surface area contributed by atoms with Gasteiger partial charge in [-0.15, -0.1) is 11.3 Å². The van der Waals surface area contributed by atoms with Crippen molar-refractivity contribution < 1.29 is 28.9 Å². The molecule has 0 unspecified atom stereocenters. The number of fused-ring (bicyclic) bond motifs is 2. The Kier molecular flexibility index (Phi) is 5.88. The number of aryl methyl sites for hydroxylation is 2. The van der Waals surface area contributed by atoms with Gasteiger partial charge in [0.1, 0.15) is 11.6 Å².